The molecule has 4 rings (SSSR count). The van der Waals surface area contributed by atoms with Crippen LogP contribution in [-0.2, 0) is 18.3 Å². The Labute approximate surface area is 219 Å². The van der Waals surface area contributed by atoms with E-state index in [4.69, 9.17) is 19.9 Å². The maximum absolute atomic E-state index is 13.6. The van der Waals surface area contributed by atoms with Crippen molar-refractivity contribution in [2.24, 2.45) is 7.05 Å². The van der Waals surface area contributed by atoms with Gasteiger partial charge < -0.3 is 30.4 Å². The second-order valence-corrected chi connectivity index (χ2v) is 9.57. The van der Waals surface area contributed by atoms with Crippen molar-refractivity contribution in [1.82, 2.24) is 9.13 Å². The molecule has 11 heteroatoms. The Morgan fingerprint density at radius 2 is 1.82 bits per heavy atom. The molecule has 38 heavy (non-hydrogen) atoms. The lowest BCUT2D eigenvalue weighted by molar-refractivity contribution is -0.131. The van der Waals surface area contributed by atoms with Gasteiger partial charge >= 0.3 is 5.69 Å². The summed E-state index contributed by atoms with van der Waals surface area (Å²) >= 11 is 0. The summed E-state index contributed by atoms with van der Waals surface area (Å²) in [7, 11) is 4.16. The molecule has 1 atom stereocenters. The molecule has 1 unspecified atom stereocenters. The number of nitrogens with zero attached hydrogens (tertiary/aromatic N) is 2. The van der Waals surface area contributed by atoms with Gasteiger partial charge in [-0.05, 0) is 62.9 Å². The first kappa shape index (κ1) is 26.6. The molecule has 2 aromatic carbocycles. The van der Waals surface area contributed by atoms with Crippen molar-refractivity contribution in [1.29, 1.82) is 0 Å². The Morgan fingerprint density at radius 3 is 2.45 bits per heavy atom. The van der Waals surface area contributed by atoms with Crippen LogP contribution in [-0.4, -0.2) is 40.0 Å². The van der Waals surface area contributed by atoms with Crippen LogP contribution in [0.1, 0.15) is 35.6 Å². The number of ether oxygens (including phenoxy) is 3. The molecule has 0 bridgehead atoms. The Morgan fingerprint density at radius 1 is 1.13 bits per heavy atom. The number of aromatic nitrogens is 2. The minimum Gasteiger partial charge on any atom is -0.507 e. The van der Waals surface area contributed by atoms with Gasteiger partial charge in [-0.25, -0.2) is 9.36 Å². The van der Waals surface area contributed by atoms with E-state index in [0.717, 1.165) is 20.3 Å². The Balaban J connectivity index is 1.80. The number of phenolic OH excluding ortho intramolecular Hbond substituents is 1. The van der Waals surface area contributed by atoms with Crippen molar-refractivity contribution in [3.8, 4) is 28.7 Å². The van der Waals surface area contributed by atoms with Crippen molar-refractivity contribution >= 4 is 17.4 Å². The van der Waals surface area contributed by atoms with Crippen LogP contribution in [0.15, 0.2) is 27.8 Å². The summed E-state index contributed by atoms with van der Waals surface area (Å²) in [5, 5.41) is 13.1. The standard InChI is InChI=1S/C27H32N4O7/c1-13-14(2)21-16(15(3)20(13)32)11-12-27(4,38-21)25(34)29-19-23(28)31(26(35)30(5)24(19)33)17-9-8-10-18(36-6)22(17)37-7/h8-10,32H,11-12,28H2,1-7H3,(H,29,34). The smallest absolute Gasteiger partial charge is 0.337 e. The van der Waals surface area contributed by atoms with Gasteiger partial charge in [0.15, 0.2) is 17.1 Å². The topological polar surface area (TPSA) is 147 Å². The lowest BCUT2D eigenvalue weighted by Crippen LogP contribution is -2.50. The number of hydrogen-bond acceptors (Lipinski definition) is 8. The minimum atomic E-state index is -1.35. The fraction of sp³-hybridized carbons (Fsp3) is 0.370. The van der Waals surface area contributed by atoms with Gasteiger partial charge in [-0.2, -0.15) is 0 Å². The fourth-order valence-corrected chi connectivity index (χ4v) is 4.78. The number of carbonyl (C=O) groups excluding carboxylic acids is 1. The zero-order chi connectivity index (χ0) is 28.1. The SMILES string of the molecule is COc1cccc(-n2c(N)c(NC(=O)C3(C)CCc4c(C)c(O)c(C)c(C)c4O3)c(=O)n(C)c2=O)c1OC. The molecule has 0 aliphatic carbocycles. The Hall–Kier alpha value is -4.41. The summed E-state index contributed by atoms with van der Waals surface area (Å²) in [4.78, 5) is 39.8. The fourth-order valence-electron chi connectivity index (χ4n) is 4.78. The molecule has 1 amide bonds. The molecule has 1 aliphatic heterocycles. The maximum Gasteiger partial charge on any atom is 0.337 e. The van der Waals surface area contributed by atoms with E-state index in [1.807, 2.05) is 13.8 Å². The van der Waals surface area contributed by atoms with Crippen molar-refractivity contribution in [3.05, 3.63) is 61.3 Å². The Bertz CT molecular complexity index is 1590. The second kappa shape index (κ2) is 9.47. The first-order valence-corrected chi connectivity index (χ1v) is 12.0. The zero-order valence-corrected chi connectivity index (χ0v) is 22.5. The van der Waals surface area contributed by atoms with E-state index in [-0.39, 0.29) is 35.1 Å². The Kier molecular flexibility index (Phi) is 6.64. The normalized spacial score (nSPS) is 16.4. The van der Waals surface area contributed by atoms with Gasteiger partial charge in [0.05, 0.1) is 19.9 Å². The molecular formula is C27H32N4O7. The number of hydrogen-bond donors (Lipinski definition) is 3. The van der Waals surface area contributed by atoms with E-state index < -0.39 is 22.8 Å². The summed E-state index contributed by atoms with van der Waals surface area (Å²) in [5.41, 5.74) is 6.41. The van der Waals surface area contributed by atoms with E-state index in [1.54, 1.807) is 32.0 Å². The first-order valence-electron chi connectivity index (χ1n) is 12.0. The van der Waals surface area contributed by atoms with Gasteiger partial charge in [0, 0.05) is 19.0 Å². The van der Waals surface area contributed by atoms with Crippen LogP contribution in [0.5, 0.6) is 23.0 Å². The molecule has 2 heterocycles. The highest BCUT2D eigenvalue weighted by atomic mass is 16.5. The molecule has 202 valence electrons. The second-order valence-electron chi connectivity index (χ2n) is 9.57. The van der Waals surface area contributed by atoms with Crippen LogP contribution in [0.2, 0.25) is 0 Å². The number of para-hydroxylation sites is 1. The van der Waals surface area contributed by atoms with Gasteiger partial charge in [0.1, 0.15) is 23.0 Å². The molecule has 0 spiro atoms. The third-order valence-electron chi connectivity index (χ3n) is 7.36. The number of rotatable bonds is 5. The number of nitrogens with two attached hydrogens (primary N) is 1. The van der Waals surface area contributed by atoms with Crippen LogP contribution in [0, 0.1) is 20.8 Å². The minimum absolute atomic E-state index is 0.212. The number of aromatic hydroxyl groups is 1. The summed E-state index contributed by atoms with van der Waals surface area (Å²) in [6.45, 7) is 7.05. The van der Waals surface area contributed by atoms with Crippen molar-refractivity contribution < 1.29 is 24.1 Å². The predicted octanol–water partition coefficient (Wildman–Crippen LogP) is 2.49. The number of benzene rings is 2. The molecule has 1 aromatic heterocycles. The molecule has 11 nitrogen and oxygen atoms in total. The number of phenols is 1. The lowest BCUT2D eigenvalue weighted by Gasteiger charge is -2.36. The largest absolute Gasteiger partial charge is 0.507 e. The van der Waals surface area contributed by atoms with Gasteiger partial charge in [-0.1, -0.05) is 6.07 Å². The van der Waals surface area contributed by atoms with Gasteiger partial charge in [-0.15, -0.1) is 0 Å². The number of nitrogen functional groups attached to an aromatic ring is 1. The highest BCUT2D eigenvalue weighted by Gasteiger charge is 2.41. The van der Waals surface area contributed by atoms with E-state index >= 15 is 0 Å². The predicted molar refractivity (Wildman–Crippen MR) is 143 cm³/mol. The highest BCUT2D eigenvalue weighted by Crippen LogP contribution is 2.43. The van der Waals surface area contributed by atoms with E-state index in [0.29, 0.717) is 29.0 Å². The maximum atomic E-state index is 13.6. The van der Waals surface area contributed by atoms with Gasteiger partial charge in [0.2, 0.25) is 0 Å². The summed E-state index contributed by atoms with van der Waals surface area (Å²) in [5.74, 6) is 0.453. The third-order valence-corrected chi connectivity index (χ3v) is 7.36. The molecule has 4 N–H and O–H groups in total. The average molecular weight is 525 g/mol. The van der Waals surface area contributed by atoms with Crippen LogP contribution < -0.4 is 36.5 Å². The van der Waals surface area contributed by atoms with Crippen molar-refractivity contribution in [2.75, 3.05) is 25.3 Å². The van der Waals surface area contributed by atoms with Gasteiger partial charge in [0.25, 0.3) is 11.5 Å². The number of carbonyl (C=O) groups is 1. The van der Waals surface area contributed by atoms with Crippen molar-refractivity contribution in [2.45, 2.75) is 46.1 Å². The van der Waals surface area contributed by atoms with E-state index in [1.165, 1.54) is 21.3 Å². The molecule has 0 saturated carbocycles. The number of amides is 1. The molecular weight excluding hydrogens is 492 g/mol. The molecule has 0 radical (unpaired) electrons. The third kappa shape index (κ3) is 3.94. The summed E-state index contributed by atoms with van der Waals surface area (Å²) in [6.07, 6.45) is 0.770. The summed E-state index contributed by atoms with van der Waals surface area (Å²) in [6, 6.07) is 4.88. The van der Waals surface area contributed by atoms with Crippen LogP contribution >= 0.6 is 0 Å². The van der Waals surface area contributed by atoms with Crippen molar-refractivity contribution in [3.63, 3.8) is 0 Å². The van der Waals surface area contributed by atoms with Crippen LogP contribution in [0.4, 0.5) is 11.5 Å². The average Bonchev–Trinajstić information content (AvgIpc) is 2.91. The quantitative estimate of drug-likeness (QED) is 0.461. The monoisotopic (exact) mass is 524 g/mol. The summed E-state index contributed by atoms with van der Waals surface area (Å²) < 4.78 is 19.0. The molecule has 0 saturated heterocycles. The lowest BCUT2D eigenvalue weighted by atomic mass is 9.86. The number of nitrogens with one attached hydrogen (secondary N) is 1. The van der Waals surface area contributed by atoms with E-state index in [9.17, 15) is 19.5 Å². The molecule has 0 fully saturated rings. The number of anilines is 2. The number of methoxy groups -OCH3 is 2. The van der Waals surface area contributed by atoms with E-state index in [2.05, 4.69) is 5.32 Å². The van der Waals surface area contributed by atoms with Crippen LogP contribution in [0.3, 0.4) is 0 Å². The number of fused-ring (bicyclic) bond motifs is 1. The zero-order valence-electron chi connectivity index (χ0n) is 22.5. The van der Waals surface area contributed by atoms with Crippen LogP contribution in [0.25, 0.3) is 5.69 Å². The van der Waals surface area contributed by atoms with Gasteiger partial charge in [-0.3, -0.25) is 14.2 Å². The molecule has 3 aromatic rings. The highest BCUT2D eigenvalue weighted by molar-refractivity contribution is 5.99. The first-order chi connectivity index (χ1) is 17.9. The molecule has 1 aliphatic rings.